The molecule has 0 aliphatic carbocycles. The van der Waals surface area contributed by atoms with E-state index >= 15 is 0 Å². The smallest absolute Gasteiger partial charge is 0.420 e. The van der Waals surface area contributed by atoms with E-state index in [1.807, 2.05) is 0 Å². The van der Waals surface area contributed by atoms with Crippen LogP contribution < -0.4 is 19.5 Å². The maximum Gasteiger partial charge on any atom is 0.420 e. The molecule has 3 rings (SSSR count). The Morgan fingerprint density at radius 2 is 1.64 bits per heavy atom. The van der Waals surface area contributed by atoms with Crippen molar-refractivity contribution in [2.45, 2.75) is 18.8 Å². The number of alkyl halides is 3. The number of nitrogens with one attached hydrogen (secondary N) is 1. The predicted molar refractivity (Wildman–Crippen MR) is 120 cm³/mol. The molecule has 1 unspecified atom stereocenters. The van der Waals surface area contributed by atoms with E-state index in [0.717, 1.165) is 12.7 Å². The first-order chi connectivity index (χ1) is 15.7. The molecule has 0 saturated heterocycles. The first-order valence-corrected chi connectivity index (χ1v) is 10.2. The van der Waals surface area contributed by atoms with Gasteiger partial charge in [0.2, 0.25) is 0 Å². The molecule has 0 aliphatic rings. The fourth-order valence-corrected chi connectivity index (χ4v) is 3.71. The van der Waals surface area contributed by atoms with Crippen LogP contribution in [0.25, 0.3) is 0 Å². The fraction of sp³-hybridized carbons (Fsp3) is 0.250. The number of methoxy groups -OCH3 is 3. The van der Waals surface area contributed by atoms with Gasteiger partial charge in [0.05, 0.1) is 21.3 Å². The van der Waals surface area contributed by atoms with E-state index in [-0.39, 0.29) is 28.4 Å². The summed E-state index contributed by atoms with van der Waals surface area (Å²) in [6.07, 6.45) is -6.35. The van der Waals surface area contributed by atoms with Crippen molar-refractivity contribution < 1.29 is 32.5 Å². The second kappa shape index (κ2) is 10.2. The van der Waals surface area contributed by atoms with E-state index in [9.17, 15) is 18.3 Å². The van der Waals surface area contributed by atoms with Gasteiger partial charge in [-0.15, -0.1) is 0 Å². The first-order valence-electron chi connectivity index (χ1n) is 9.86. The van der Waals surface area contributed by atoms with E-state index in [1.165, 1.54) is 31.4 Å². The Morgan fingerprint density at radius 1 is 0.909 bits per heavy atom. The summed E-state index contributed by atoms with van der Waals surface area (Å²) in [5.74, 6) is 0.819. The molecule has 33 heavy (non-hydrogen) atoms. The molecule has 0 heterocycles. The summed E-state index contributed by atoms with van der Waals surface area (Å²) >= 11 is 6.12. The van der Waals surface area contributed by atoms with Crippen molar-refractivity contribution in [2.24, 2.45) is 0 Å². The zero-order valence-electron chi connectivity index (χ0n) is 18.2. The third kappa shape index (κ3) is 5.46. The largest absolute Gasteiger partial charge is 0.497 e. The average molecular weight is 482 g/mol. The van der Waals surface area contributed by atoms with Gasteiger partial charge in [-0.05, 0) is 36.4 Å². The van der Waals surface area contributed by atoms with Gasteiger partial charge in [-0.25, -0.2) is 0 Å². The molecule has 2 N–H and O–H groups in total. The van der Waals surface area contributed by atoms with Crippen LogP contribution in [0.4, 0.5) is 18.9 Å². The van der Waals surface area contributed by atoms with Crippen LogP contribution in [0.3, 0.4) is 0 Å². The van der Waals surface area contributed by atoms with Gasteiger partial charge in [0.25, 0.3) is 0 Å². The lowest BCUT2D eigenvalue weighted by atomic mass is 9.94. The number of hydrogen-bond donors (Lipinski definition) is 2. The second-order valence-corrected chi connectivity index (χ2v) is 7.52. The predicted octanol–water partition coefficient (Wildman–Crippen LogP) is 6.08. The van der Waals surface area contributed by atoms with E-state index in [1.54, 1.807) is 37.4 Å². The Bertz CT molecular complexity index is 1120. The second-order valence-electron chi connectivity index (χ2n) is 7.09. The van der Waals surface area contributed by atoms with Gasteiger partial charge in [-0.3, -0.25) is 0 Å². The number of rotatable bonds is 8. The Balaban J connectivity index is 1.99. The lowest BCUT2D eigenvalue weighted by Gasteiger charge is -2.23. The molecule has 0 fully saturated rings. The van der Waals surface area contributed by atoms with E-state index in [2.05, 4.69) is 5.32 Å². The van der Waals surface area contributed by atoms with Crippen LogP contribution >= 0.6 is 11.6 Å². The molecule has 0 bridgehead atoms. The molecule has 9 heteroatoms. The molecular formula is C24H23ClF3NO4. The van der Waals surface area contributed by atoms with Crippen LogP contribution in [-0.2, 0) is 12.7 Å². The standard InChI is InChI=1S/C24H23ClF3NO4/c1-31-16-9-7-14(21(12-16)33-3)13-29-19-10-8-15(25)11-18(19)23(30)17-5-4-6-20(32-2)22(17)24(26,27)28/h4-12,23,29-30H,13H2,1-3H3. The minimum atomic E-state index is -4.73. The molecule has 0 aliphatic heterocycles. The molecule has 1 atom stereocenters. The summed E-state index contributed by atoms with van der Waals surface area (Å²) in [5.41, 5.74) is 0.0115. The quantitative estimate of drug-likeness (QED) is 0.408. The Morgan fingerprint density at radius 3 is 2.27 bits per heavy atom. The number of aliphatic hydroxyl groups excluding tert-OH is 1. The molecule has 0 saturated carbocycles. The average Bonchev–Trinajstić information content (AvgIpc) is 2.81. The van der Waals surface area contributed by atoms with Crippen molar-refractivity contribution in [2.75, 3.05) is 26.6 Å². The van der Waals surface area contributed by atoms with Crippen molar-refractivity contribution in [1.29, 1.82) is 0 Å². The van der Waals surface area contributed by atoms with Crippen molar-refractivity contribution in [1.82, 2.24) is 0 Å². The Hall–Kier alpha value is -3.10. The topological polar surface area (TPSA) is 60.0 Å². The SMILES string of the molecule is COc1ccc(CNc2ccc(Cl)cc2C(O)c2cccc(OC)c2C(F)(F)F)c(OC)c1. The Kier molecular flexibility index (Phi) is 7.61. The zero-order valence-corrected chi connectivity index (χ0v) is 18.9. The molecular weight excluding hydrogens is 459 g/mol. The fourth-order valence-electron chi connectivity index (χ4n) is 3.53. The minimum Gasteiger partial charge on any atom is -0.497 e. The van der Waals surface area contributed by atoms with E-state index in [0.29, 0.717) is 17.2 Å². The molecule has 3 aromatic carbocycles. The monoisotopic (exact) mass is 481 g/mol. The molecule has 0 aromatic heterocycles. The number of hydrogen-bond acceptors (Lipinski definition) is 5. The number of aliphatic hydroxyl groups is 1. The van der Waals surface area contributed by atoms with Crippen LogP contribution in [0.15, 0.2) is 54.6 Å². The summed E-state index contributed by atoms with van der Waals surface area (Å²) in [5, 5.41) is 14.5. The summed E-state index contributed by atoms with van der Waals surface area (Å²) < 4.78 is 56.9. The normalized spacial score (nSPS) is 12.2. The van der Waals surface area contributed by atoms with Crippen LogP contribution in [0.2, 0.25) is 5.02 Å². The van der Waals surface area contributed by atoms with Gasteiger partial charge in [0.1, 0.15) is 28.9 Å². The van der Waals surface area contributed by atoms with Crippen molar-refractivity contribution in [3.8, 4) is 17.2 Å². The summed E-state index contributed by atoms with van der Waals surface area (Å²) in [6.45, 7) is 0.277. The van der Waals surface area contributed by atoms with Crippen molar-refractivity contribution in [3.63, 3.8) is 0 Å². The summed E-state index contributed by atoms with van der Waals surface area (Å²) in [4.78, 5) is 0. The zero-order chi connectivity index (χ0) is 24.2. The molecule has 0 spiro atoms. The third-order valence-corrected chi connectivity index (χ3v) is 5.36. The van der Waals surface area contributed by atoms with Gasteiger partial charge in [-0.1, -0.05) is 23.7 Å². The highest BCUT2D eigenvalue weighted by molar-refractivity contribution is 6.30. The van der Waals surface area contributed by atoms with Crippen LogP contribution in [-0.4, -0.2) is 26.4 Å². The van der Waals surface area contributed by atoms with E-state index in [4.69, 9.17) is 25.8 Å². The maximum absolute atomic E-state index is 13.8. The molecule has 0 radical (unpaired) electrons. The highest BCUT2D eigenvalue weighted by Crippen LogP contribution is 2.43. The van der Waals surface area contributed by atoms with Crippen LogP contribution in [0.1, 0.15) is 28.4 Å². The molecule has 5 nitrogen and oxygen atoms in total. The van der Waals surface area contributed by atoms with Gasteiger partial charge in [0.15, 0.2) is 0 Å². The highest BCUT2D eigenvalue weighted by Gasteiger charge is 2.39. The van der Waals surface area contributed by atoms with Crippen LogP contribution in [0, 0.1) is 0 Å². The number of halogens is 4. The molecule has 0 amide bonds. The van der Waals surface area contributed by atoms with Crippen molar-refractivity contribution in [3.05, 3.63) is 81.9 Å². The first kappa shape index (κ1) is 24.5. The molecule has 176 valence electrons. The number of benzene rings is 3. The third-order valence-electron chi connectivity index (χ3n) is 5.13. The van der Waals surface area contributed by atoms with E-state index < -0.39 is 17.8 Å². The van der Waals surface area contributed by atoms with Crippen LogP contribution in [0.5, 0.6) is 17.2 Å². The van der Waals surface area contributed by atoms with Crippen molar-refractivity contribution >= 4 is 17.3 Å². The minimum absolute atomic E-state index is 0.189. The van der Waals surface area contributed by atoms with Gasteiger partial charge in [0, 0.05) is 40.0 Å². The van der Waals surface area contributed by atoms with Gasteiger partial charge >= 0.3 is 6.18 Å². The summed E-state index contributed by atoms with van der Waals surface area (Å²) in [7, 11) is 4.22. The Labute approximate surface area is 194 Å². The lowest BCUT2D eigenvalue weighted by Crippen LogP contribution is -2.15. The van der Waals surface area contributed by atoms with Gasteiger partial charge in [-0.2, -0.15) is 13.2 Å². The number of anilines is 1. The highest BCUT2D eigenvalue weighted by atomic mass is 35.5. The summed E-state index contributed by atoms with van der Waals surface area (Å²) in [6, 6.07) is 13.7. The number of ether oxygens (including phenoxy) is 3. The van der Waals surface area contributed by atoms with Gasteiger partial charge < -0.3 is 24.6 Å². The molecule has 3 aromatic rings. The maximum atomic E-state index is 13.8. The lowest BCUT2D eigenvalue weighted by molar-refractivity contribution is -0.140.